The highest BCUT2D eigenvalue weighted by Crippen LogP contribution is 2.24. The Hall–Kier alpha value is -4.26. The quantitative estimate of drug-likeness (QED) is 0.420. The summed E-state index contributed by atoms with van der Waals surface area (Å²) in [6.45, 7) is 0. The highest BCUT2D eigenvalue weighted by molar-refractivity contribution is 5.80. The van der Waals surface area contributed by atoms with Gasteiger partial charge in [-0.25, -0.2) is 4.98 Å². The van der Waals surface area contributed by atoms with Gasteiger partial charge in [-0.2, -0.15) is 0 Å². The van der Waals surface area contributed by atoms with Crippen LogP contribution in [0.15, 0.2) is 77.6 Å². The van der Waals surface area contributed by atoms with Gasteiger partial charge in [-0.1, -0.05) is 42.5 Å². The second-order valence-electron chi connectivity index (χ2n) is 6.27. The van der Waals surface area contributed by atoms with E-state index in [-0.39, 0.29) is 22.9 Å². The smallest absolute Gasteiger partial charge is 0.293 e. The second kappa shape index (κ2) is 7.40. The van der Waals surface area contributed by atoms with E-state index in [1.165, 1.54) is 16.7 Å². The van der Waals surface area contributed by atoms with Crippen LogP contribution in [0.2, 0.25) is 0 Å². The molecule has 1 heterocycles. The van der Waals surface area contributed by atoms with Crippen LogP contribution in [-0.2, 0) is 0 Å². The van der Waals surface area contributed by atoms with E-state index in [0.29, 0.717) is 16.5 Å². The molecule has 0 saturated carbocycles. The lowest BCUT2D eigenvalue weighted by molar-refractivity contribution is -0.384. The van der Waals surface area contributed by atoms with E-state index in [4.69, 9.17) is 0 Å². The van der Waals surface area contributed by atoms with Crippen LogP contribution in [0, 0.1) is 10.1 Å². The average molecular weight is 385 g/mol. The van der Waals surface area contributed by atoms with Crippen molar-refractivity contribution < 1.29 is 10.0 Å². The highest BCUT2D eigenvalue weighted by Gasteiger charge is 2.19. The van der Waals surface area contributed by atoms with Gasteiger partial charge < -0.3 is 5.11 Å². The summed E-state index contributed by atoms with van der Waals surface area (Å²) in [6, 6.07) is 19.5. The van der Waals surface area contributed by atoms with Crippen molar-refractivity contribution in [2.75, 3.05) is 0 Å². The van der Waals surface area contributed by atoms with Crippen molar-refractivity contribution >= 4 is 28.7 Å². The zero-order valence-corrected chi connectivity index (χ0v) is 15.1. The number of nitro groups is 1. The minimum atomic E-state index is -0.534. The van der Waals surface area contributed by atoms with Gasteiger partial charge in [0.15, 0.2) is 0 Å². The minimum absolute atomic E-state index is 0.0733. The summed E-state index contributed by atoms with van der Waals surface area (Å²) in [6.07, 6.45) is 3.16. The fourth-order valence-corrected chi connectivity index (χ4v) is 3.09. The van der Waals surface area contributed by atoms with Crippen LogP contribution in [0.4, 0.5) is 5.69 Å². The number of rotatable bonds is 4. The average Bonchev–Trinajstić information content (AvgIpc) is 2.73. The van der Waals surface area contributed by atoms with Crippen molar-refractivity contribution in [3.63, 3.8) is 0 Å². The first kappa shape index (κ1) is 18.1. The number of phenolic OH excluding ortho intramolecular Hbond substituents is 1. The lowest BCUT2D eigenvalue weighted by atomic mass is 10.1. The number of para-hydroxylation sites is 4. The fraction of sp³-hybridized carbons (Fsp3) is 0. The largest absolute Gasteiger partial charge is 0.507 e. The van der Waals surface area contributed by atoms with E-state index in [1.54, 1.807) is 72.8 Å². The molecule has 142 valence electrons. The Labute approximate surface area is 165 Å². The van der Waals surface area contributed by atoms with Crippen LogP contribution in [0.5, 0.6) is 5.75 Å². The van der Waals surface area contributed by atoms with Crippen molar-refractivity contribution in [3.8, 4) is 11.4 Å². The zero-order chi connectivity index (χ0) is 20.4. The molecule has 0 radical (unpaired) electrons. The van der Waals surface area contributed by atoms with Gasteiger partial charge in [0.25, 0.3) is 11.2 Å². The molecule has 4 aromatic rings. The summed E-state index contributed by atoms with van der Waals surface area (Å²) >= 11 is 0. The van der Waals surface area contributed by atoms with Gasteiger partial charge in [0, 0.05) is 11.6 Å². The molecule has 0 saturated heterocycles. The number of hydrogen-bond donors (Lipinski definition) is 1. The van der Waals surface area contributed by atoms with Gasteiger partial charge in [-0.3, -0.25) is 19.5 Å². The summed E-state index contributed by atoms with van der Waals surface area (Å²) in [5.41, 5.74) is 0.511. The normalized spacial score (nSPS) is 11.2. The summed E-state index contributed by atoms with van der Waals surface area (Å²) in [5.74, 6) is 0.287. The molecular weight excluding hydrogens is 370 g/mol. The van der Waals surface area contributed by atoms with E-state index in [1.807, 2.05) is 0 Å². The number of aromatic hydroxyl groups is 1. The maximum atomic E-state index is 13.2. The molecule has 0 aliphatic carbocycles. The Morgan fingerprint density at radius 2 is 1.62 bits per heavy atom. The van der Waals surface area contributed by atoms with Crippen molar-refractivity contribution in [3.05, 3.63) is 105 Å². The van der Waals surface area contributed by atoms with E-state index in [9.17, 15) is 20.0 Å². The Bertz CT molecular complexity index is 1330. The molecular formula is C22H15N3O4. The fourth-order valence-electron chi connectivity index (χ4n) is 3.09. The molecule has 0 atom stereocenters. The van der Waals surface area contributed by atoms with Gasteiger partial charge in [0.1, 0.15) is 17.3 Å². The number of fused-ring (bicyclic) bond motifs is 1. The highest BCUT2D eigenvalue weighted by atomic mass is 16.6. The predicted octanol–water partition coefficient (Wildman–Crippen LogP) is 4.17. The number of nitrogens with zero attached hydrogens (tertiary/aromatic N) is 3. The molecule has 0 aliphatic heterocycles. The van der Waals surface area contributed by atoms with Gasteiger partial charge in [-0.05, 0) is 36.4 Å². The first-order valence-corrected chi connectivity index (χ1v) is 8.78. The third kappa shape index (κ3) is 3.37. The molecule has 7 heteroatoms. The third-order valence-electron chi connectivity index (χ3n) is 4.47. The lowest BCUT2D eigenvalue weighted by Gasteiger charge is -2.11. The Morgan fingerprint density at radius 1 is 0.931 bits per heavy atom. The van der Waals surface area contributed by atoms with E-state index < -0.39 is 10.5 Å². The maximum Gasteiger partial charge on any atom is 0.293 e. The standard InChI is InChI=1S/C22H15N3O4/c26-20-12-6-1-7-15(20)13-14-21-23-17-9-3-2-8-16(17)22(27)24(21)18-10-4-5-11-19(18)25(28)29/h1-14,26H/b14-13+. The van der Waals surface area contributed by atoms with Gasteiger partial charge in [-0.15, -0.1) is 0 Å². The van der Waals surface area contributed by atoms with Gasteiger partial charge >= 0.3 is 0 Å². The van der Waals surface area contributed by atoms with Crippen LogP contribution in [-0.4, -0.2) is 19.6 Å². The van der Waals surface area contributed by atoms with Crippen LogP contribution in [0.1, 0.15) is 11.4 Å². The Morgan fingerprint density at radius 3 is 2.41 bits per heavy atom. The van der Waals surface area contributed by atoms with E-state index in [0.717, 1.165) is 0 Å². The molecule has 0 bridgehead atoms. The molecule has 7 nitrogen and oxygen atoms in total. The van der Waals surface area contributed by atoms with E-state index in [2.05, 4.69) is 4.98 Å². The van der Waals surface area contributed by atoms with E-state index >= 15 is 0 Å². The number of benzene rings is 3. The second-order valence-corrected chi connectivity index (χ2v) is 6.27. The molecule has 29 heavy (non-hydrogen) atoms. The third-order valence-corrected chi connectivity index (χ3v) is 4.47. The maximum absolute atomic E-state index is 13.2. The molecule has 0 fully saturated rings. The topological polar surface area (TPSA) is 98.3 Å². The summed E-state index contributed by atoms with van der Waals surface area (Å²) in [7, 11) is 0. The molecule has 0 spiro atoms. The summed E-state index contributed by atoms with van der Waals surface area (Å²) in [4.78, 5) is 28.7. The van der Waals surface area contributed by atoms with Crippen LogP contribution < -0.4 is 5.56 Å². The van der Waals surface area contributed by atoms with Crippen LogP contribution in [0.3, 0.4) is 0 Å². The lowest BCUT2D eigenvalue weighted by Crippen LogP contribution is -2.23. The molecule has 1 N–H and O–H groups in total. The summed E-state index contributed by atoms with van der Waals surface area (Å²) in [5, 5.41) is 21.9. The summed E-state index contributed by atoms with van der Waals surface area (Å²) < 4.78 is 1.22. The minimum Gasteiger partial charge on any atom is -0.507 e. The molecule has 3 aromatic carbocycles. The number of nitro benzene ring substituents is 1. The molecule has 4 rings (SSSR count). The van der Waals surface area contributed by atoms with Crippen molar-refractivity contribution in [2.45, 2.75) is 0 Å². The molecule has 0 amide bonds. The number of aromatic nitrogens is 2. The Balaban J connectivity index is 2.02. The van der Waals surface area contributed by atoms with Crippen LogP contribution >= 0.6 is 0 Å². The molecule has 1 aromatic heterocycles. The van der Waals surface area contributed by atoms with Crippen molar-refractivity contribution in [1.82, 2.24) is 9.55 Å². The van der Waals surface area contributed by atoms with Crippen LogP contribution in [0.25, 0.3) is 28.7 Å². The zero-order valence-electron chi connectivity index (χ0n) is 15.1. The molecule has 0 aliphatic rings. The van der Waals surface area contributed by atoms with Crippen molar-refractivity contribution in [1.29, 1.82) is 0 Å². The van der Waals surface area contributed by atoms with Gasteiger partial charge in [0.2, 0.25) is 0 Å². The first-order chi connectivity index (χ1) is 14.1. The monoisotopic (exact) mass is 385 g/mol. The van der Waals surface area contributed by atoms with Gasteiger partial charge in [0.05, 0.1) is 15.8 Å². The number of phenols is 1. The molecule has 0 unspecified atom stereocenters. The van der Waals surface area contributed by atoms with Crippen molar-refractivity contribution in [2.24, 2.45) is 0 Å². The predicted molar refractivity (Wildman–Crippen MR) is 111 cm³/mol. The SMILES string of the molecule is O=c1c2ccccc2nc(/C=C/c2ccccc2O)n1-c1ccccc1[N+](=O)[O-]. The Kier molecular flexibility index (Phi) is 4.62. The first-order valence-electron chi connectivity index (χ1n) is 8.78. The number of hydrogen-bond acceptors (Lipinski definition) is 5.